The molecular formula is C59H58F2N8O6. The minimum Gasteiger partial charge on any atom is -0.494 e. The lowest BCUT2D eigenvalue weighted by atomic mass is 10.1. The number of nitrogens with zero attached hydrogens (tertiary/aromatic N) is 8. The summed E-state index contributed by atoms with van der Waals surface area (Å²) in [6, 6.07) is 24.5. The van der Waals surface area contributed by atoms with E-state index >= 15 is 0 Å². The van der Waals surface area contributed by atoms with E-state index in [0.717, 1.165) is 95.1 Å². The molecule has 2 amide bonds. The highest BCUT2D eigenvalue weighted by Gasteiger charge is 2.33. The number of hydrogen-bond donors (Lipinski definition) is 0. The van der Waals surface area contributed by atoms with Gasteiger partial charge in [0.15, 0.2) is 23.0 Å². The van der Waals surface area contributed by atoms with Crippen LogP contribution < -0.4 is 18.9 Å². The van der Waals surface area contributed by atoms with Gasteiger partial charge < -0.3 is 28.7 Å². The monoisotopic (exact) mass is 1010 g/mol. The normalized spacial score (nSPS) is 15.0. The Morgan fingerprint density at radius 1 is 0.667 bits per heavy atom. The first-order valence-electron chi connectivity index (χ1n) is 25.1. The molecule has 0 spiro atoms. The summed E-state index contributed by atoms with van der Waals surface area (Å²) >= 11 is 0. The highest BCUT2D eigenvalue weighted by Crippen LogP contribution is 2.38. The summed E-state index contributed by atoms with van der Waals surface area (Å²) in [4.78, 5) is 47.7. The van der Waals surface area contributed by atoms with E-state index in [4.69, 9.17) is 28.9 Å². The van der Waals surface area contributed by atoms with Crippen LogP contribution in [0.15, 0.2) is 122 Å². The predicted molar refractivity (Wildman–Crippen MR) is 282 cm³/mol. The minimum absolute atomic E-state index is 0.0556. The van der Waals surface area contributed by atoms with Gasteiger partial charge in [0.05, 0.1) is 48.0 Å². The molecule has 10 rings (SSSR count). The zero-order valence-corrected chi connectivity index (χ0v) is 42.7. The molecule has 0 aliphatic carbocycles. The van der Waals surface area contributed by atoms with Crippen LogP contribution in [0.4, 0.5) is 8.78 Å². The first kappa shape index (κ1) is 51.3. The second kappa shape index (κ2) is 23.1. The maximum absolute atomic E-state index is 14.6. The van der Waals surface area contributed by atoms with Crippen molar-refractivity contribution in [1.29, 1.82) is 0 Å². The van der Waals surface area contributed by atoms with Crippen molar-refractivity contribution < 1.29 is 37.3 Å². The topological polar surface area (TPSA) is 138 Å². The van der Waals surface area contributed by atoms with Crippen molar-refractivity contribution in [3.63, 3.8) is 0 Å². The van der Waals surface area contributed by atoms with E-state index in [1.165, 1.54) is 20.3 Å². The van der Waals surface area contributed by atoms with Crippen molar-refractivity contribution >= 4 is 22.8 Å². The Morgan fingerprint density at radius 2 is 1.11 bits per heavy atom. The van der Waals surface area contributed by atoms with Gasteiger partial charge >= 0.3 is 0 Å². The third-order valence-electron chi connectivity index (χ3n) is 13.4. The number of ether oxygens (including phenoxy) is 4. The maximum Gasteiger partial charge on any atom is 0.298 e. The van der Waals surface area contributed by atoms with Crippen LogP contribution in [0.5, 0.6) is 34.5 Å². The molecule has 8 aromatic rings. The Balaban J connectivity index is 0.000000184. The Labute approximate surface area is 434 Å². The van der Waals surface area contributed by atoms with Crippen molar-refractivity contribution in [3.8, 4) is 68.9 Å². The number of carbonyl (C=O) groups excluding carboxylic acids is 2. The average molecular weight is 1010 g/mol. The lowest BCUT2D eigenvalue weighted by Crippen LogP contribution is -2.27. The quantitative estimate of drug-likeness (QED) is 0.0720. The SMILES string of the molecule is C=CC(=O)N1CC[C@@H](c2nc(-c3ccc(Oc4cccc(OC)c4F)cc3)c3c(CCC)nccn23)C1.CC#CC(=O)N1CC[C@@H](c2nc(-c3ccc(Oc4cccc(OC)c4F)cc3)c3c(CCC)nccn23)C1. The van der Waals surface area contributed by atoms with Gasteiger partial charge in [-0.2, -0.15) is 8.78 Å². The second-order valence-electron chi connectivity index (χ2n) is 18.2. The maximum atomic E-state index is 14.6. The van der Waals surface area contributed by atoms with Crippen LogP contribution in [0.1, 0.15) is 81.3 Å². The molecule has 2 atom stereocenters. The summed E-state index contributed by atoms with van der Waals surface area (Å²) in [6.45, 7) is 12.1. The van der Waals surface area contributed by atoms with Gasteiger partial charge in [0.25, 0.3) is 5.91 Å². The van der Waals surface area contributed by atoms with Gasteiger partial charge in [-0.25, -0.2) is 9.97 Å². The first-order valence-corrected chi connectivity index (χ1v) is 25.1. The van der Waals surface area contributed by atoms with E-state index in [1.807, 2.05) is 54.0 Å². The fourth-order valence-corrected chi connectivity index (χ4v) is 9.79. The molecule has 0 bridgehead atoms. The Bertz CT molecular complexity index is 3440. The van der Waals surface area contributed by atoms with Crippen LogP contribution in [-0.4, -0.2) is 90.8 Å². The minimum atomic E-state index is -0.548. The molecule has 2 aliphatic rings. The molecule has 2 saturated heterocycles. The molecule has 384 valence electrons. The number of halogens is 2. The molecule has 0 saturated carbocycles. The van der Waals surface area contributed by atoms with Gasteiger partial charge in [-0.15, -0.1) is 0 Å². The van der Waals surface area contributed by atoms with Crippen LogP contribution in [-0.2, 0) is 22.4 Å². The van der Waals surface area contributed by atoms with Gasteiger partial charge in [-0.1, -0.05) is 51.3 Å². The van der Waals surface area contributed by atoms with E-state index in [1.54, 1.807) is 72.5 Å². The van der Waals surface area contributed by atoms with Gasteiger partial charge in [0.2, 0.25) is 17.5 Å². The van der Waals surface area contributed by atoms with Crippen molar-refractivity contribution in [2.24, 2.45) is 0 Å². The number of amides is 2. The predicted octanol–water partition coefficient (Wildman–Crippen LogP) is 11.4. The van der Waals surface area contributed by atoms with E-state index in [9.17, 15) is 18.4 Å². The van der Waals surface area contributed by atoms with Crippen LogP contribution in [0, 0.1) is 23.5 Å². The molecule has 4 aromatic heterocycles. The third kappa shape index (κ3) is 10.8. The van der Waals surface area contributed by atoms with Crippen molar-refractivity contribution in [3.05, 3.63) is 157 Å². The van der Waals surface area contributed by atoms with E-state index < -0.39 is 11.6 Å². The number of hydrogen-bond acceptors (Lipinski definition) is 10. The highest BCUT2D eigenvalue weighted by molar-refractivity contribution is 5.93. The number of aryl methyl sites for hydroxylation is 2. The molecule has 75 heavy (non-hydrogen) atoms. The van der Waals surface area contributed by atoms with Crippen molar-refractivity contribution in [1.82, 2.24) is 38.5 Å². The molecular weight excluding hydrogens is 955 g/mol. The average Bonchev–Trinajstić information content (AvgIpc) is 4.28. The van der Waals surface area contributed by atoms with Crippen LogP contribution in [0.3, 0.4) is 0 Å². The molecule has 6 heterocycles. The van der Waals surface area contributed by atoms with E-state index in [0.29, 0.717) is 37.7 Å². The molecule has 16 heteroatoms. The third-order valence-corrected chi connectivity index (χ3v) is 13.4. The number of fused-ring (bicyclic) bond motifs is 2. The second-order valence-corrected chi connectivity index (χ2v) is 18.2. The number of benzene rings is 4. The Kier molecular flexibility index (Phi) is 15.8. The van der Waals surface area contributed by atoms with E-state index in [-0.39, 0.29) is 46.6 Å². The summed E-state index contributed by atoms with van der Waals surface area (Å²) in [5.41, 5.74) is 7.37. The number of rotatable bonds is 15. The Morgan fingerprint density at radius 3 is 1.53 bits per heavy atom. The van der Waals surface area contributed by atoms with Gasteiger partial charge in [-0.3, -0.25) is 28.4 Å². The van der Waals surface area contributed by atoms with Gasteiger partial charge in [-0.05, 0) is 117 Å². The van der Waals surface area contributed by atoms with E-state index in [2.05, 4.69) is 51.0 Å². The number of methoxy groups -OCH3 is 2. The summed E-state index contributed by atoms with van der Waals surface area (Å²) in [5.74, 6) is 7.52. The van der Waals surface area contributed by atoms with Crippen LogP contribution >= 0.6 is 0 Å². The molecule has 2 fully saturated rings. The van der Waals surface area contributed by atoms with Crippen LogP contribution in [0.2, 0.25) is 0 Å². The summed E-state index contributed by atoms with van der Waals surface area (Å²) < 4.78 is 55.0. The number of imidazole rings is 2. The fourth-order valence-electron chi connectivity index (χ4n) is 9.79. The van der Waals surface area contributed by atoms with Crippen molar-refractivity contribution in [2.45, 2.75) is 71.1 Å². The molecule has 14 nitrogen and oxygen atoms in total. The zero-order valence-electron chi connectivity index (χ0n) is 42.7. The number of aromatic nitrogens is 6. The smallest absolute Gasteiger partial charge is 0.298 e. The molecule has 4 aromatic carbocycles. The lowest BCUT2D eigenvalue weighted by Gasteiger charge is -2.13. The molecule has 0 N–H and O–H groups in total. The van der Waals surface area contributed by atoms with Gasteiger partial charge in [0.1, 0.15) is 23.1 Å². The fraction of sp³-hybridized carbons (Fsp3) is 0.288. The van der Waals surface area contributed by atoms with Crippen LogP contribution in [0.25, 0.3) is 33.5 Å². The largest absolute Gasteiger partial charge is 0.494 e. The van der Waals surface area contributed by atoms with Crippen molar-refractivity contribution in [2.75, 3.05) is 40.4 Å². The Hall–Kier alpha value is -8.58. The lowest BCUT2D eigenvalue weighted by molar-refractivity contribution is -0.125. The highest BCUT2D eigenvalue weighted by atomic mass is 19.1. The molecule has 0 unspecified atom stereocenters. The standard InChI is InChI=1S/C30H29FN4O3.C29H29FN4O3/c1-4-7-23-29-28(20-11-13-22(14-12-20)38-25-10-6-9-24(37-3)27(25)31)33-30(35(29)18-16-32-23)21-15-17-34(19-21)26(36)8-5-2;1-4-7-22-28-27(19-10-12-21(13-11-19)37-24-9-6-8-23(36-3)26(24)30)32-29(34(28)17-15-31-22)20-14-16-33(18-20)25(35)5-2/h6,9-14,16,18,21H,4,7,15,17,19H2,1-3H3;5-6,8-13,15,17,20H,2,4,7,14,16,18H2,1,3H3/t21-;20-/m11/s1. The number of carbonyl (C=O) groups is 2. The number of likely N-dealkylation sites (tertiary alicyclic amines) is 2. The zero-order chi connectivity index (χ0) is 52.6. The summed E-state index contributed by atoms with van der Waals surface area (Å²) in [7, 11) is 2.84. The summed E-state index contributed by atoms with van der Waals surface area (Å²) in [6.07, 6.45) is 14.1. The molecule has 0 radical (unpaired) electrons. The van der Waals surface area contributed by atoms with Gasteiger partial charge in [0, 0.05) is 73.9 Å². The molecule has 2 aliphatic heterocycles. The first-order chi connectivity index (χ1) is 36.6. The summed E-state index contributed by atoms with van der Waals surface area (Å²) in [5, 5.41) is 0.